The maximum atomic E-state index is 13.8. The van der Waals surface area contributed by atoms with Crippen molar-refractivity contribution in [1.82, 2.24) is 14.5 Å². The number of hydrogen-bond donors (Lipinski definition) is 2. The van der Waals surface area contributed by atoms with Crippen LogP contribution in [0.3, 0.4) is 0 Å². The van der Waals surface area contributed by atoms with Crippen molar-refractivity contribution in [1.29, 1.82) is 0 Å². The lowest BCUT2D eigenvalue weighted by atomic mass is 10.1. The maximum Gasteiger partial charge on any atom is 0.330 e. The van der Waals surface area contributed by atoms with Gasteiger partial charge >= 0.3 is 5.69 Å². The van der Waals surface area contributed by atoms with Gasteiger partial charge in [-0.2, -0.15) is 0 Å². The van der Waals surface area contributed by atoms with Gasteiger partial charge in [-0.3, -0.25) is 24.0 Å². The van der Waals surface area contributed by atoms with Crippen LogP contribution in [0.4, 0.5) is 11.5 Å². The van der Waals surface area contributed by atoms with E-state index in [2.05, 4.69) is 9.88 Å². The van der Waals surface area contributed by atoms with Crippen molar-refractivity contribution in [2.24, 2.45) is 0 Å². The highest BCUT2D eigenvalue weighted by molar-refractivity contribution is 5.97. The number of H-pyrrole nitrogens is 1. The van der Waals surface area contributed by atoms with Crippen LogP contribution >= 0.6 is 0 Å². The van der Waals surface area contributed by atoms with Crippen LogP contribution in [0.25, 0.3) is 0 Å². The minimum absolute atomic E-state index is 0.0839. The SMILES string of the molecule is CCCCn1c(N)c(N(C(=O)CN(Cc2ccc(OC)cc2)C2CC2)C2CCCC2)c(=O)[nH]c1=O. The van der Waals surface area contributed by atoms with E-state index in [4.69, 9.17) is 10.5 Å². The summed E-state index contributed by atoms with van der Waals surface area (Å²) in [5.74, 6) is 0.735. The molecule has 1 heterocycles. The molecule has 0 atom stereocenters. The summed E-state index contributed by atoms with van der Waals surface area (Å²) < 4.78 is 6.65. The van der Waals surface area contributed by atoms with Gasteiger partial charge in [0.15, 0.2) is 5.69 Å². The number of rotatable bonds is 11. The summed E-state index contributed by atoms with van der Waals surface area (Å²) in [6.45, 7) is 3.27. The van der Waals surface area contributed by atoms with Crippen LogP contribution in [0.2, 0.25) is 0 Å². The van der Waals surface area contributed by atoms with Crippen molar-refractivity contribution < 1.29 is 9.53 Å². The number of unbranched alkanes of at least 4 members (excludes halogenated alkanes) is 1. The van der Waals surface area contributed by atoms with Crippen LogP contribution in [0, 0.1) is 0 Å². The van der Waals surface area contributed by atoms with E-state index in [-0.39, 0.29) is 30.0 Å². The second-order valence-electron chi connectivity index (χ2n) is 9.68. The number of carbonyl (C=O) groups excluding carboxylic acids is 1. The van der Waals surface area contributed by atoms with Gasteiger partial charge in [0, 0.05) is 25.2 Å². The maximum absolute atomic E-state index is 13.8. The lowest BCUT2D eigenvalue weighted by Crippen LogP contribution is -2.49. The number of amides is 1. The predicted octanol–water partition coefficient (Wildman–Crippen LogP) is 2.87. The first-order chi connectivity index (χ1) is 16.9. The highest BCUT2D eigenvalue weighted by Gasteiger charge is 2.36. The largest absolute Gasteiger partial charge is 0.497 e. The van der Waals surface area contributed by atoms with E-state index in [1.807, 2.05) is 31.2 Å². The molecule has 9 nitrogen and oxygen atoms in total. The normalized spacial score (nSPS) is 16.1. The van der Waals surface area contributed by atoms with Crippen molar-refractivity contribution in [2.75, 3.05) is 24.3 Å². The monoisotopic (exact) mass is 483 g/mol. The van der Waals surface area contributed by atoms with E-state index < -0.39 is 11.2 Å². The lowest BCUT2D eigenvalue weighted by Gasteiger charge is -2.32. The van der Waals surface area contributed by atoms with Gasteiger partial charge in [0.1, 0.15) is 11.6 Å². The number of methoxy groups -OCH3 is 1. The summed E-state index contributed by atoms with van der Waals surface area (Å²) in [6.07, 6.45) is 7.38. The average Bonchev–Trinajstić information content (AvgIpc) is 3.56. The molecule has 9 heteroatoms. The molecule has 190 valence electrons. The predicted molar refractivity (Wildman–Crippen MR) is 137 cm³/mol. The third kappa shape index (κ3) is 5.78. The lowest BCUT2D eigenvalue weighted by molar-refractivity contribution is -0.120. The fourth-order valence-electron chi connectivity index (χ4n) is 4.99. The Hall–Kier alpha value is -3.07. The Kier molecular flexibility index (Phi) is 7.95. The van der Waals surface area contributed by atoms with E-state index >= 15 is 0 Å². The van der Waals surface area contributed by atoms with Crippen LogP contribution in [0.15, 0.2) is 33.9 Å². The molecule has 2 aromatic rings. The van der Waals surface area contributed by atoms with Gasteiger partial charge in [0.2, 0.25) is 5.91 Å². The average molecular weight is 484 g/mol. The smallest absolute Gasteiger partial charge is 0.330 e. The summed E-state index contributed by atoms with van der Waals surface area (Å²) >= 11 is 0. The van der Waals surface area contributed by atoms with Crippen LogP contribution in [-0.2, 0) is 17.9 Å². The third-order valence-electron chi connectivity index (χ3n) is 7.10. The first kappa shape index (κ1) is 25.0. The number of nitrogens with one attached hydrogen (secondary N) is 1. The molecule has 0 aliphatic heterocycles. The Labute approximate surface area is 205 Å². The van der Waals surface area contributed by atoms with Gasteiger partial charge in [-0.15, -0.1) is 0 Å². The molecule has 0 spiro atoms. The molecule has 1 amide bonds. The number of nitrogens with two attached hydrogens (primary N) is 1. The van der Waals surface area contributed by atoms with Crippen LogP contribution in [-0.4, -0.2) is 46.1 Å². The first-order valence-corrected chi connectivity index (χ1v) is 12.7. The van der Waals surface area contributed by atoms with Crippen molar-refractivity contribution >= 4 is 17.4 Å². The third-order valence-corrected chi connectivity index (χ3v) is 7.10. The van der Waals surface area contributed by atoms with Crippen molar-refractivity contribution in [3.8, 4) is 5.75 Å². The van der Waals surface area contributed by atoms with Crippen LogP contribution in [0.5, 0.6) is 5.75 Å². The molecule has 3 N–H and O–H groups in total. The van der Waals surface area contributed by atoms with Crippen molar-refractivity contribution in [3.05, 3.63) is 50.7 Å². The molecule has 2 saturated carbocycles. The molecule has 0 bridgehead atoms. The molecule has 1 aromatic carbocycles. The van der Waals surface area contributed by atoms with E-state index in [0.717, 1.165) is 62.7 Å². The number of nitrogen functional groups attached to an aromatic ring is 1. The van der Waals surface area contributed by atoms with Gasteiger partial charge < -0.3 is 15.4 Å². The second kappa shape index (κ2) is 11.1. The summed E-state index contributed by atoms with van der Waals surface area (Å²) in [5, 5.41) is 0. The Bertz CT molecular complexity index is 1130. The topological polar surface area (TPSA) is 114 Å². The molecule has 0 unspecified atom stereocenters. The Morgan fingerprint density at radius 1 is 1.11 bits per heavy atom. The van der Waals surface area contributed by atoms with Gasteiger partial charge in [-0.1, -0.05) is 38.3 Å². The fraction of sp³-hybridized carbons (Fsp3) is 0.577. The molecule has 35 heavy (non-hydrogen) atoms. The molecule has 0 saturated heterocycles. The number of aromatic amines is 1. The number of benzene rings is 1. The van der Waals surface area contributed by atoms with Crippen LogP contribution < -0.4 is 26.6 Å². The zero-order valence-corrected chi connectivity index (χ0v) is 20.8. The number of ether oxygens (including phenoxy) is 1. The zero-order valence-electron chi connectivity index (χ0n) is 20.8. The molecule has 4 rings (SSSR count). The Morgan fingerprint density at radius 2 is 1.80 bits per heavy atom. The zero-order chi connectivity index (χ0) is 24.9. The van der Waals surface area contributed by atoms with Crippen molar-refractivity contribution in [3.63, 3.8) is 0 Å². The van der Waals surface area contributed by atoms with E-state index in [0.29, 0.717) is 19.1 Å². The standard InChI is InChI=1S/C26H37N5O4/c1-3-4-15-30-24(27)23(25(33)28-26(30)34)31(20-7-5-6-8-20)22(32)17-29(19-11-12-19)16-18-9-13-21(35-2)14-10-18/h9-10,13-14,19-20H,3-8,11-12,15-17,27H2,1-2H3,(H,28,33,34). The quantitative estimate of drug-likeness (QED) is 0.508. The summed E-state index contributed by atoms with van der Waals surface area (Å²) in [7, 11) is 1.64. The summed E-state index contributed by atoms with van der Waals surface area (Å²) in [5.41, 5.74) is 6.52. The summed E-state index contributed by atoms with van der Waals surface area (Å²) in [6, 6.07) is 8.13. The highest BCUT2D eigenvalue weighted by Crippen LogP contribution is 2.32. The molecular weight excluding hydrogens is 446 g/mol. The molecule has 2 aliphatic rings. The van der Waals surface area contributed by atoms with Gasteiger partial charge in [0.25, 0.3) is 5.56 Å². The molecule has 0 radical (unpaired) electrons. The van der Waals surface area contributed by atoms with Crippen molar-refractivity contribution in [2.45, 2.75) is 83.5 Å². The number of aromatic nitrogens is 2. The molecule has 2 aliphatic carbocycles. The number of carbonyl (C=O) groups is 1. The van der Waals surface area contributed by atoms with Crippen LogP contribution in [0.1, 0.15) is 63.9 Å². The van der Waals surface area contributed by atoms with Gasteiger partial charge in [-0.25, -0.2) is 4.79 Å². The second-order valence-corrected chi connectivity index (χ2v) is 9.68. The fourth-order valence-corrected chi connectivity index (χ4v) is 4.99. The minimum atomic E-state index is -0.589. The Morgan fingerprint density at radius 3 is 2.40 bits per heavy atom. The van der Waals surface area contributed by atoms with E-state index in [1.165, 1.54) is 4.57 Å². The van der Waals surface area contributed by atoms with Gasteiger partial charge in [0.05, 0.1) is 13.7 Å². The molecule has 2 fully saturated rings. The van der Waals surface area contributed by atoms with E-state index in [1.54, 1.807) is 12.0 Å². The number of nitrogens with zero attached hydrogens (tertiary/aromatic N) is 3. The number of hydrogen-bond acceptors (Lipinski definition) is 6. The van der Waals surface area contributed by atoms with E-state index in [9.17, 15) is 14.4 Å². The van der Waals surface area contributed by atoms with Gasteiger partial charge in [-0.05, 0) is 49.8 Å². The minimum Gasteiger partial charge on any atom is -0.497 e. The number of anilines is 2. The first-order valence-electron chi connectivity index (χ1n) is 12.7. The summed E-state index contributed by atoms with van der Waals surface area (Å²) in [4.78, 5) is 45.5. The Balaban J connectivity index is 1.63. The molecule has 1 aromatic heterocycles. The highest BCUT2D eigenvalue weighted by atomic mass is 16.5. The molecular formula is C26H37N5O4.